The van der Waals surface area contributed by atoms with Crippen LogP contribution < -0.4 is 5.32 Å². The lowest BCUT2D eigenvalue weighted by Crippen LogP contribution is -2.48. The number of nitrogens with one attached hydrogen (secondary N) is 1. The number of thiophene rings is 1. The van der Waals surface area contributed by atoms with Crippen LogP contribution >= 0.6 is 27.3 Å². The molecule has 84 valence electrons. The molecule has 4 heteroatoms. The molecule has 1 atom stereocenters. The number of halogens is 1. The molecule has 1 fully saturated rings. The van der Waals surface area contributed by atoms with Crippen LogP contribution in [0.5, 0.6) is 0 Å². The van der Waals surface area contributed by atoms with Crippen LogP contribution in [0, 0.1) is 6.92 Å². The second-order valence-corrected chi connectivity index (χ2v) is 6.71. The molecule has 1 aromatic rings. The van der Waals surface area contributed by atoms with Crippen molar-refractivity contribution in [3.63, 3.8) is 0 Å². The molecular weight excluding hydrogens is 272 g/mol. The molecule has 0 bridgehead atoms. The minimum absolute atomic E-state index is 0.628. The van der Waals surface area contributed by atoms with Crippen LogP contribution in [0.25, 0.3) is 0 Å². The SMILES string of the molecule is Cc1cc(CN2CCN[C@H](C)C2)sc1Br. The molecule has 0 saturated carbocycles. The fourth-order valence-electron chi connectivity index (χ4n) is 1.98. The fraction of sp³-hybridized carbons (Fsp3) is 0.636. The van der Waals surface area contributed by atoms with E-state index in [1.54, 1.807) is 0 Å². The molecule has 1 aromatic heterocycles. The summed E-state index contributed by atoms with van der Waals surface area (Å²) in [6.07, 6.45) is 0. The minimum atomic E-state index is 0.628. The molecule has 0 unspecified atom stereocenters. The first-order chi connectivity index (χ1) is 7.15. The van der Waals surface area contributed by atoms with Gasteiger partial charge in [0.2, 0.25) is 0 Å². The number of hydrogen-bond acceptors (Lipinski definition) is 3. The maximum absolute atomic E-state index is 3.58. The summed E-state index contributed by atoms with van der Waals surface area (Å²) in [7, 11) is 0. The number of piperazine rings is 1. The summed E-state index contributed by atoms with van der Waals surface area (Å²) in [4.78, 5) is 3.99. The predicted octanol–water partition coefficient (Wildman–Crippen LogP) is 2.61. The van der Waals surface area contributed by atoms with E-state index < -0.39 is 0 Å². The van der Waals surface area contributed by atoms with Crippen molar-refractivity contribution in [2.45, 2.75) is 26.4 Å². The zero-order valence-electron chi connectivity index (χ0n) is 9.22. The first-order valence-electron chi connectivity index (χ1n) is 5.35. The van der Waals surface area contributed by atoms with E-state index >= 15 is 0 Å². The Morgan fingerprint density at radius 2 is 2.47 bits per heavy atom. The van der Waals surface area contributed by atoms with Gasteiger partial charge < -0.3 is 5.32 Å². The first kappa shape index (κ1) is 11.6. The first-order valence-corrected chi connectivity index (χ1v) is 6.96. The quantitative estimate of drug-likeness (QED) is 0.900. The molecule has 1 saturated heterocycles. The summed E-state index contributed by atoms with van der Waals surface area (Å²) in [6.45, 7) is 8.95. The highest BCUT2D eigenvalue weighted by Gasteiger charge is 2.16. The molecule has 0 radical (unpaired) electrons. The smallest absolute Gasteiger partial charge is 0.0730 e. The predicted molar refractivity (Wildman–Crippen MR) is 69.5 cm³/mol. The van der Waals surface area contributed by atoms with Crippen LogP contribution in [-0.4, -0.2) is 30.6 Å². The average Bonchev–Trinajstić information content (AvgIpc) is 2.45. The molecule has 2 nitrogen and oxygen atoms in total. The number of nitrogens with zero attached hydrogens (tertiary/aromatic N) is 1. The molecule has 0 aliphatic carbocycles. The third-order valence-corrected chi connectivity index (χ3v) is 4.86. The molecule has 15 heavy (non-hydrogen) atoms. The molecule has 1 N–H and O–H groups in total. The van der Waals surface area contributed by atoms with E-state index in [9.17, 15) is 0 Å². The molecule has 1 aliphatic heterocycles. The van der Waals surface area contributed by atoms with Gasteiger partial charge in [-0.05, 0) is 41.4 Å². The number of rotatable bonds is 2. The highest BCUT2D eigenvalue weighted by Crippen LogP contribution is 2.28. The average molecular weight is 289 g/mol. The zero-order chi connectivity index (χ0) is 10.8. The van der Waals surface area contributed by atoms with Crippen LogP contribution in [0.3, 0.4) is 0 Å². The Hall–Kier alpha value is 0.100. The second kappa shape index (κ2) is 4.95. The van der Waals surface area contributed by atoms with Gasteiger partial charge in [-0.2, -0.15) is 0 Å². The summed E-state index contributed by atoms with van der Waals surface area (Å²) < 4.78 is 1.28. The van der Waals surface area contributed by atoms with Gasteiger partial charge in [0.05, 0.1) is 3.79 Å². The highest BCUT2D eigenvalue weighted by atomic mass is 79.9. The molecule has 1 aliphatic rings. The van der Waals surface area contributed by atoms with Crippen molar-refractivity contribution in [3.05, 3.63) is 20.3 Å². The van der Waals surface area contributed by atoms with E-state index in [2.05, 4.69) is 46.1 Å². The zero-order valence-corrected chi connectivity index (χ0v) is 11.6. The summed E-state index contributed by atoms with van der Waals surface area (Å²) in [5.74, 6) is 0. The Morgan fingerprint density at radius 1 is 1.67 bits per heavy atom. The van der Waals surface area contributed by atoms with Crippen molar-refractivity contribution >= 4 is 27.3 Å². The Labute approximate surface area is 104 Å². The molecule has 0 spiro atoms. The van der Waals surface area contributed by atoms with Crippen molar-refractivity contribution in [2.24, 2.45) is 0 Å². The van der Waals surface area contributed by atoms with Crippen LogP contribution in [0.15, 0.2) is 9.85 Å². The molecule has 0 aromatic carbocycles. The van der Waals surface area contributed by atoms with E-state index in [-0.39, 0.29) is 0 Å². The Bertz CT molecular complexity index is 318. The lowest BCUT2D eigenvalue weighted by Gasteiger charge is -2.31. The van der Waals surface area contributed by atoms with Gasteiger partial charge in [0.1, 0.15) is 0 Å². The largest absolute Gasteiger partial charge is 0.312 e. The van der Waals surface area contributed by atoms with Crippen molar-refractivity contribution in [1.29, 1.82) is 0 Å². The van der Waals surface area contributed by atoms with Gasteiger partial charge >= 0.3 is 0 Å². The van der Waals surface area contributed by atoms with E-state index in [0.717, 1.165) is 19.6 Å². The van der Waals surface area contributed by atoms with Gasteiger partial charge in [0.15, 0.2) is 0 Å². The van der Waals surface area contributed by atoms with E-state index in [0.29, 0.717) is 6.04 Å². The maximum Gasteiger partial charge on any atom is 0.0730 e. The monoisotopic (exact) mass is 288 g/mol. The third kappa shape index (κ3) is 3.03. The Kier molecular flexibility index (Phi) is 3.83. The summed E-state index contributed by atoms with van der Waals surface area (Å²) in [6, 6.07) is 2.92. The van der Waals surface area contributed by atoms with Crippen molar-refractivity contribution in [2.75, 3.05) is 19.6 Å². The summed E-state index contributed by atoms with van der Waals surface area (Å²) >= 11 is 5.44. The van der Waals surface area contributed by atoms with Crippen molar-refractivity contribution in [1.82, 2.24) is 10.2 Å². The van der Waals surface area contributed by atoms with E-state index in [1.165, 1.54) is 20.8 Å². The minimum Gasteiger partial charge on any atom is -0.312 e. The lowest BCUT2D eigenvalue weighted by molar-refractivity contribution is 0.201. The molecule has 0 amide bonds. The topological polar surface area (TPSA) is 15.3 Å². The van der Waals surface area contributed by atoms with Crippen LogP contribution in [-0.2, 0) is 6.54 Å². The van der Waals surface area contributed by atoms with Gasteiger partial charge in [-0.1, -0.05) is 0 Å². The fourth-order valence-corrected chi connectivity index (χ4v) is 3.65. The maximum atomic E-state index is 3.58. The lowest BCUT2D eigenvalue weighted by atomic mass is 10.2. The van der Waals surface area contributed by atoms with Gasteiger partial charge in [0.25, 0.3) is 0 Å². The van der Waals surface area contributed by atoms with Crippen molar-refractivity contribution < 1.29 is 0 Å². The molecular formula is C11H17BrN2S. The summed E-state index contributed by atoms with van der Waals surface area (Å²) in [5, 5.41) is 3.47. The van der Waals surface area contributed by atoms with Crippen LogP contribution in [0.1, 0.15) is 17.4 Å². The van der Waals surface area contributed by atoms with Crippen LogP contribution in [0.4, 0.5) is 0 Å². The van der Waals surface area contributed by atoms with Gasteiger partial charge in [0, 0.05) is 37.1 Å². The Morgan fingerprint density at radius 3 is 3.07 bits per heavy atom. The van der Waals surface area contributed by atoms with Crippen molar-refractivity contribution in [3.8, 4) is 0 Å². The van der Waals surface area contributed by atoms with Crippen LogP contribution in [0.2, 0.25) is 0 Å². The van der Waals surface area contributed by atoms with Gasteiger partial charge in [-0.15, -0.1) is 11.3 Å². The summed E-state index contributed by atoms with van der Waals surface area (Å²) in [5.41, 5.74) is 1.36. The van der Waals surface area contributed by atoms with E-state index in [1.807, 2.05) is 11.3 Å². The molecule has 2 rings (SSSR count). The third-order valence-electron chi connectivity index (χ3n) is 2.74. The normalized spacial score (nSPS) is 23.3. The van der Waals surface area contributed by atoms with Gasteiger partial charge in [-0.25, -0.2) is 0 Å². The highest BCUT2D eigenvalue weighted by molar-refractivity contribution is 9.11. The van der Waals surface area contributed by atoms with E-state index in [4.69, 9.17) is 0 Å². The van der Waals surface area contributed by atoms with Gasteiger partial charge in [-0.3, -0.25) is 4.90 Å². The number of hydrogen-bond donors (Lipinski definition) is 1. The second-order valence-electron chi connectivity index (χ2n) is 4.26. The Balaban J connectivity index is 1.96. The molecule has 2 heterocycles. The standard InChI is InChI=1S/C11H17BrN2S/c1-8-5-10(15-11(8)12)7-14-4-3-13-9(2)6-14/h5,9,13H,3-4,6-7H2,1-2H3/t9-/m1/s1. The number of aryl methyl sites for hydroxylation is 1.